The predicted molar refractivity (Wildman–Crippen MR) is 39.9 cm³/mol. The van der Waals surface area contributed by atoms with Gasteiger partial charge in [0.25, 0.3) is 0 Å². The molecule has 2 heteroatoms. The van der Waals surface area contributed by atoms with E-state index >= 15 is 0 Å². The Hall–Kier alpha value is 1.01. The van der Waals surface area contributed by atoms with Crippen LogP contribution in [-0.2, 0) is 0 Å². The molecule has 1 aliphatic heterocycles. The van der Waals surface area contributed by atoms with Gasteiger partial charge in [-0.15, -0.1) is 0 Å². The number of piperidine rings is 1. The van der Waals surface area contributed by atoms with Crippen molar-refractivity contribution in [3.8, 4) is 0 Å². The quantitative estimate of drug-likeness (QED) is 0.695. The molecule has 0 amide bonds. The van der Waals surface area contributed by atoms with Gasteiger partial charge in [-0.3, -0.25) is 0 Å². The van der Waals surface area contributed by atoms with Gasteiger partial charge in [-0.05, 0) is 13.1 Å². The molecule has 1 fully saturated rings. The molecule has 1 aliphatic rings. The molecule has 0 atom stereocenters. The first-order valence-electron chi connectivity index (χ1n) is 3.62. The second-order valence-electron chi connectivity index (χ2n) is 3.00. The molecule has 56 valence electrons. The van der Waals surface area contributed by atoms with Crippen molar-refractivity contribution in [3.63, 3.8) is 0 Å². The molecule has 1 rings (SSSR count). The van der Waals surface area contributed by atoms with Crippen LogP contribution >= 0.6 is 0 Å². The summed E-state index contributed by atoms with van der Waals surface area (Å²) >= 11 is 0. The van der Waals surface area contributed by atoms with Gasteiger partial charge in [-0.1, -0.05) is 12.8 Å². The van der Waals surface area contributed by atoms with Crippen LogP contribution in [0, 0.1) is 50.4 Å². The summed E-state index contributed by atoms with van der Waals surface area (Å²) in [5.74, 6) is 0. The number of hydrogen-bond donors (Lipinski definition) is 1. The average Bonchev–Trinajstić information content (AvgIpc) is 1.90. The van der Waals surface area contributed by atoms with E-state index in [0.29, 0.717) is 5.41 Å². The van der Waals surface area contributed by atoms with Crippen LogP contribution < -0.4 is 5.32 Å². The maximum Gasteiger partial charge on any atom is 2.00 e. The van der Waals surface area contributed by atoms with Gasteiger partial charge < -0.3 is 19.2 Å². The molecule has 1 nitrogen and oxygen atoms in total. The van der Waals surface area contributed by atoms with Gasteiger partial charge in [-0.25, -0.2) is 6.42 Å². The van der Waals surface area contributed by atoms with Gasteiger partial charge in [0, 0.05) is 0 Å². The van der Waals surface area contributed by atoms with E-state index in [-0.39, 0.29) is 31.1 Å². The molecule has 1 saturated heterocycles. The van der Waals surface area contributed by atoms with Crippen molar-refractivity contribution in [1.82, 2.24) is 5.32 Å². The van der Waals surface area contributed by atoms with E-state index in [0.717, 1.165) is 19.5 Å². The third kappa shape index (κ3) is 2.95. The minimum atomic E-state index is 0. The number of rotatable bonds is 1. The van der Waals surface area contributed by atoms with E-state index in [1.54, 1.807) is 0 Å². The average molecular weight is 363 g/mol. The van der Waals surface area contributed by atoms with Crippen LogP contribution in [0.1, 0.15) is 19.3 Å². The minimum Gasteiger partial charge on any atom is -0.345 e. The van der Waals surface area contributed by atoms with Crippen LogP contribution in [0.3, 0.4) is 0 Å². The van der Waals surface area contributed by atoms with Gasteiger partial charge in [0.15, 0.2) is 0 Å². The van der Waals surface area contributed by atoms with Gasteiger partial charge in [-0.2, -0.15) is 5.41 Å². The Morgan fingerprint density at radius 3 is 2.10 bits per heavy atom. The Kier molecular flexibility index (Phi) is 5.29. The summed E-state index contributed by atoms with van der Waals surface area (Å²) < 4.78 is 0. The zero-order valence-electron chi connectivity index (χ0n) is 6.45. The first-order valence-corrected chi connectivity index (χ1v) is 3.62. The molecule has 10 heavy (non-hydrogen) atoms. The number of nitrogens with one attached hydrogen (secondary N) is 1. The van der Waals surface area contributed by atoms with Crippen LogP contribution in [0.4, 0.5) is 0 Å². The molecule has 0 saturated carbocycles. The van der Waals surface area contributed by atoms with E-state index in [1.165, 1.54) is 12.8 Å². The summed E-state index contributed by atoms with van der Waals surface area (Å²) in [4.78, 5) is 0. The fourth-order valence-corrected chi connectivity index (χ4v) is 1.21. The normalized spacial score (nSPS) is 23.4. The van der Waals surface area contributed by atoms with Crippen molar-refractivity contribution in [1.29, 1.82) is 0 Å². The summed E-state index contributed by atoms with van der Waals surface area (Å²) in [5.41, 5.74) is 0.297. The molecule has 0 aliphatic carbocycles. The maximum atomic E-state index is 4.14. The van der Waals surface area contributed by atoms with Gasteiger partial charge >= 0.3 is 31.1 Å². The van der Waals surface area contributed by atoms with E-state index in [4.69, 9.17) is 0 Å². The first kappa shape index (κ1) is 11.0. The summed E-state index contributed by atoms with van der Waals surface area (Å²) in [6.45, 7) is 10.3. The molecule has 0 aromatic rings. The zero-order chi connectivity index (χ0) is 6.74. The third-order valence-electron chi connectivity index (χ3n) is 2.19. The summed E-state index contributed by atoms with van der Waals surface area (Å²) in [5, 5.41) is 3.31. The summed E-state index contributed by atoms with van der Waals surface area (Å²) in [6, 6.07) is 0. The van der Waals surface area contributed by atoms with Crippen LogP contribution in [0.15, 0.2) is 0 Å². The smallest absolute Gasteiger partial charge is 0.345 e. The SMILES string of the molecule is [CH2-]CC1([CH2-])CCNCC1.[U+2]. The minimum absolute atomic E-state index is 0. The second kappa shape index (κ2) is 4.80. The monoisotopic (exact) mass is 363 g/mol. The van der Waals surface area contributed by atoms with Crippen LogP contribution in [0.2, 0.25) is 0 Å². The molecular formula is C8H15NU. The molecule has 0 aromatic carbocycles. The summed E-state index contributed by atoms with van der Waals surface area (Å²) in [6.07, 6.45) is 3.36. The Morgan fingerprint density at radius 2 is 1.80 bits per heavy atom. The maximum absolute atomic E-state index is 4.14. The summed E-state index contributed by atoms with van der Waals surface area (Å²) in [7, 11) is 0. The van der Waals surface area contributed by atoms with Gasteiger partial charge in [0.05, 0.1) is 0 Å². The zero-order valence-corrected chi connectivity index (χ0v) is 10.6. The molecular weight excluding hydrogens is 348 g/mol. The van der Waals surface area contributed by atoms with E-state index in [2.05, 4.69) is 19.2 Å². The van der Waals surface area contributed by atoms with Crippen molar-refractivity contribution in [3.05, 3.63) is 13.8 Å². The van der Waals surface area contributed by atoms with Crippen molar-refractivity contribution in [2.45, 2.75) is 19.3 Å². The molecule has 0 spiro atoms. The van der Waals surface area contributed by atoms with E-state index in [9.17, 15) is 0 Å². The Labute approximate surface area is 87.7 Å². The van der Waals surface area contributed by atoms with E-state index in [1.807, 2.05) is 0 Å². The van der Waals surface area contributed by atoms with E-state index < -0.39 is 0 Å². The molecule has 0 unspecified atom stereocenters. The molecule has 0 aromatic heterocycles. The first-order chi connectivity index (χ1) is 4.27. The fourth-order valence-electron chi connectivity index (χ4n) is 1.21. The molecule has 1 N–H and O–H groups in total. The largest absolute Gasteiger partial charge is 2.00 e. The van der Waals surface area contributed by atoms with Gasteiger partial charge in [0.2, 0.25) is 0 Å². The van der Waals surface area contributed by atoms with Crippen LogP contribution in [0.25, 0.3) is 0 Å². The predicted octanol–water partition coefficient (Wildman–Crippen LogP) is 1.41. The topological polar surface area (TPSA) is 12.0 Å². The fraction of sp³-hybridized carbons (Fsp3) is 0.750. The molecule has 0 radical (unpaired) electrons. The van der Waals surface area contributed by atoms with Crippen LogP contribution in [0.5, 0.6) is 0 Å². The van der Waals surface area contributed by atoms with Crippen molar-refractivity contribution >= 4 is 0 Å². The van der Waals surface area contributed by atoms with Crippen molar-refractivity contribution in [2.24, 2.45) is 5.41 Å². The molecule has 1 heterocycles. The Bertz CT molecular complexity index is 87.3. The molecule has 0 bridgehead atoms. The second-order valence-corrected chi connectivity index (χ2v) is 3.00. The van der Waals surface area contributed by atoms with Crippen LogP contribution in [-0.4, -0.2) is 13.1 Å². The third-order valence-corrected chi connectivity index (χ3v) is 2.19. The van der Waals surface area contributed by atoms with Crippen molar-refractivity contribution < 1.29 is 31.1 Å². The standard InChI is InChI=1S/C8H15N.U/c1-3-8(2)4-6-9-7-5-8;/h9H,1-7H2;/q-2;+2. The Morgan fingerprint density at radius 1 is 1.30 bits per heavy atom. The Balaban J connectivity index is 0.000000810. The van der Waals surface area contributed by atoms with Crippen molar-refractivity contribution in [2.75, 3.05) is 13.1 Å². The van der Waals surface area contributed by atoms with Gasteiger partial charge in [0.1, 0.15) is 0 Å². The number of hydrogen-bond acceptors (Lipinski definition) is 1.